The predicted octanol–water partition coefficient (Wildman–Crippen LogP) is 2.50. The lowest BCUT2D eigenvalue weighted by Crippen LogP contribution is -2.32. The molecular formula is C19H25NO6. The van der Waals surface area contributed by atoms with Gasteiger partial charge in [0.05, 0.1) is 18.2 Å². The molecule has 1 unspecified atom stereocenters. The number of ether oxygens (including phenoxy) is 2. The summed E-state index contributed by atoms with van der Waals surface area (Å²) in [7, 11) is 1.57. The van der Waals surface area contributed by atoms with Gasteiger partial charge in [-0.1, -0.05) is 13.0 Å². The summed E-state index contributed by atoms with van der Waals surface area (Å²) in [5.41, 5.74) is 0.681. The van der Waals surface area contributed by atoms with Crippen LogP contribution in [0.1, 0.15) is 38.3 Å². The molecule has 7 nitrogen and oxygen atoms in total. The zero-order chi connectivity index (χ0) is 19.3. The first-order valence-corrected chi connectivity index (χ1v) is 8.68. The Labute approximate surface area is 152 Å². The number of methoxy groups -OCH3 is 1. The molecule has 7 heteroatoms. The Kier molecular flexibility index (Phi) is 6.63. The number of phenols is 1. The van der Waals surface area contributed by atoms with Crippen LogP contribution in [-0.2, 0) is 14.3 Å². The minimum absolute atomic E-state index is 0.0255. The molecule has 0 spiro atoms. The highest BCUT2D eigenvalue weighted by Crippen LogP contribution is 2.40. The van der Waals surface area contributed by atoms with E-state index in [1.165, 1.54) is 11.0 Å². The summed E-state index contributed by atoms with van der Waals surface area (Å²) in [4.78, 5) is 26.4. The molecule has 2 N–H and O–H groups in total. The lowest BCUT2D eigenvalue weighted by atomic mass is 9.94. The van der Waals surface area contributed by atoms with E-state index in [4.69, 9.17) is 9.47 Å². The van der Waals surface area contributed by atoms with Crippen LogP contribution in [0.2, 0.25) is 0 Å². The number of hydrogen-bond acceptors (Lipinski definition) is 6. The normalized spacial score (nSPS) is 17.1. The summed E-state index contributed by atoms with van der Waals surface area (Å²) in [5.74, 6) is -1.13. The second-order valence-corrected chi connectivity index (χ2v) is 5.95. The van der Waals surface area contributed by atoms with E-state index < -0.39 is 17.7 Å². The van der Waals surface area contributed by atoms with Crippen molar-refractivity contribution in [2.75, 3.05) is 26.9 Å². The second-order valence-electron chi connectivity index (χ2n) is 5.95. The van der Waals surface area contributed by atoms with Crippen LogP contribution in [0.5, 0.6) is 11.5 Å². The molecule has 1 amide bonds. The second kappa shape index (κ2) is 8.71. The highest BCUT2D eigenvalue weighted by Gasteiger charge is 2.42. The largest absolute Gasteiger partial charge is 0.504 e. The van der Waals surface area contributed by atoms with Crippen molar-refractivity contribution in [2.45, 2.75) is 32.7 Å². The molecule has 0 aliphatic carbocycles. The van der Waals surface area contributed by atoms with E-state index in [0.717, 1.165) is 0 Å². The van der Waals surface area contributed by atoms with E-state index >= 15 is 0 Å². The molecule has 1 aliphatic rings. The number of ketones is 1. The van der Waals surface area contributed by atoms with Crippen molar-refractivity contribution in [2.24, 2.45) is 0 Å². The van der Waals surface area contributed by atoms with Crippen LogP contribution in [0.4, 0.5) is 0 Å². The van der Waals surface area contributed by atoms with Crippen LogP contribution < -0.4 is 4.74 Å². The molecule has 1 aromatic carbocycles. The minimum atomic E-state index is -0.716. The van der Waals surface area contributed by atoms with Gasteiger partial charge in [0.1, 0.15) is 0 Å². The third-order valence-electron chi connectivity index (χ3n) is 4.27. The molecule has 1 atom stereocenters. The average Bonchev–Trinajstić information content (AvgIpc) is 2.88. The predicted molar refractivity (Wildman–Crippen MR) is 95.2 cm³/mol. The number of amides is 1. The monoisotopic (exact) mass is 363 g/mol. The smallest absolute Gasteiger partial charge is 0.290 e. The number of hydrogen-bond donors (Lipinski definition) is 2. The van der Waals surface area contributed by atoms with Gasteiger partial charge in [0.2, 0.25) is 0 Å². The van der Waals surface area contributed by atoms with Crippen LogP contribution in [0.3, 0.4) is 0 Å². The van der Waals surface area contributed by atoms with Crippen molar-refractivity contribution in [1.29, 1.82) is 0 Å². The fraction of sp³-hybridized carbons (Fsp3) is 0.474. The van der Waals surface area contributed by atoms with Gasteiger partial charge in [0.15, 0.2) is 23.0 Å². The Hall–Kier alpha value is -2.54. The summed E-state index contributed by atoms with van der Waals surface area (Å²) in [6, 6.07) is 3.97. The topological polar surface area (TPSA) is 96.3 Å². The molecule has 0 radical (unpaired) electrons. The van der Waals surface area contributed by atoms with Crippen molar-refractivity contribution in [3.05, 3.63) is 35.1 Å². The Morgan fingerprint density at radius 1 is 1.27 bits per heavy atom. The van der Waals surface area contributed by atoms with Crippen LogP contribution in [0.15, 0.2) is 29.5 Å². The van der Waals surface area contributed by atoms with Gasteiger partial charge < -0.3 is 24.6 Å². The van der Waals surface area contributed by atoms with E-state index in [0.29, 0.717) is 31.7 Å². The van der Waals surface area contributed by atoms with Gasteiger partial charge in [0, 0.05) is 26.7 Å². The molecule has 0 saturated heterocycles. The van der Waals surface area contributed by atoms with E-state index in [1.54, 1.807) is 33.1 Å². The highest BCUT2D eigenvalue weighted by molar-refractivity contribution is 6.08. The van der Waals surface area contributed by atoms with E-state index in [1.807, 2.05) is 0 Å². The first-order valence-electron chi connectivity index (χ1n) is 8.68. The van der Waals surface area contributed by atoms with E-state index in [9.17, 15) is 19.8 Å². The zero-order valence-electron chi connectivity index (χ0n) is 15.3. The SMILES string of the molecule is CCOc1cc(C2C(C(=O)CC)=C(O)C(=O)N2CCCOC)ccc1O. The van der Waals surface area contributed by atoms with Crippen LogP contribution >= 0.6 is 0 Å². The van der Waals surface area contributed by atoms with E-state index in [2.05, 4.69) is 0 Å². The first-order chi connectivity index (χ1) is 12.5. The summed E-state index contributed by atoms with van der Waals surface area (Å²) in [5, 5.41) is 20.2. The molecular weight excluding hydrogens is 338 g/mol. The molecule has 1 aliphatic heterocycles. The third kappa shape index (κ3) is 3.83. The van der Waals surface area contributed by atoms with Gasteiger partial charge in [-0.25, -0.2) is 0 Å². The minimum Gasteiger partial charge on any atom is -0.504 e. The molecule has 2 rings (SSSR count). The number of benzene rings is 1. The lowest BCUT2D eigenvalue weighted by Gasteiger charge is -2.27. The number of aliphatic hydroxyl groups excluding tert-OH is 1. The number of phenolic OH excluding ortho intramolecular Hbond substituents is 1. The average molecular weight is 363 g/mol. The molecule has 0 fully saturated rings. The van der Waals surface area contributed by atoms with E-state index in [-0.39, 0.29) is 29.3 Å². The van der Waals surface area contributed by atoms with Crippen LogP contribution in [-0.4, -0.2) is 53.7 Å². The molecule has 0 bridgehead atoms. The number of rotatable bonds is 9. The van der Waals surface area contributed by atoms with Crippen molar-refractivity contribution in [3.8, 4) is 11.5 Å². The summed E-state index contributed by atoms with van der Waals surface area (Å²) >= 11 is 0. The maximum absolute atomic E-state index is 12.5. The molecule has 0 saturated carbocycles. The van der Waals surface area contributed by atoms with Gasteiger partial charge in [-0.15, -0.1) is 0 Å². The quantitative estimate of drug-likeness (QED) is 0.655. The molecule has 0 aromatic heterocycles. The maximum Gasteiger partial charge on any atom is 0.290 e. The number of carbonyl (C=O) groups excluding carboxylic acids is 2. The van der Waals surface area contributed by atoms with Crippen LogP contribution in [0, 0.1) is 0 Å². The molecule has 26 heavy (non-hydrogen) atoms. The molecule has 142 valence electrons. The number of Topliss-reactive ketones (excluding diaryl/α,β-unsaturated/α-hetero) is 1. The summed E-state index contributed by atoms with van der Waals surface area (Å²) in [6.07, 6.45) is 0.738. The Morgan fingerprint density at radius 2 is 2.00 bits per heavy atom. The van der Waals surface area contributed by atoms with Crippen molar-refractivity contribution < 1.29 is 29.3 Å². The van der Waals surface area contributed by atoms with Gasteiger partial charge in [-0.05, 0) is 31.0 Å². The highest BCUT2D eigenvalue weighted by atomic mass is 16.5. The Morgan fingerprint density at radius 3 is 2.62 bits per heavy atom. The maximum atomic E-state index is 12.5. The zero-order valence-corrected chi connectivity index (χ0v) is 15.3. The number of aromatic hydroxyl groups is 1. The van der Waals surface area contributed by atoms with Crippen LogP contribution in [0.25, 0.3) is 0 Å². The first kappa shape index (κ1) is 19.8. The molecule has 1 aromatic rings. The third-order valence-corrected chi connectivity index (χ3v) is 4.27. The van der Waals surface area contributed by atoms with Crippen molar-refractivity contribution in [3.63, 3.8) is 0 Å². The fourth-order valence-electron chi connectivity index (χ4n) is 3.06. The number of carbonyl (C=O) groups is 2. The summed E-state index contributed by atoms with van der Waals surface area (Å²) < 4.78 is 10.4. The summed E-state index contributed by atoms with van der Waals surface area (Å²) in [6.45, 7) is 4.61. The van der Waals surface area contributed by atoms with Gasteiger partial charge in [-0.2, -0.15) is 0 Å². The number of nitrogens with zero attached hydrogens (tertiary/aromatic N) is 1. The Bertz CT molecular complexity index is 712. The van der Waals surface area contributed by atoms with Gasteiger partial charge in [-0.3, -0.25) is 9.59 Å². The fourth-order valence-corrected chi connectivity index (χ4v) is 3.06. The van der Waals surface area contributed by atoms with Gasteiger partial charge in [0.25, 0.3) is 5.91 Å². The van der Waals surface area contributed by atoms with Gasteiger partial charge >= 0.3 is 0 Å². The number of aliphatic hydroxyl groups is 1. The lowest BCUT2D eigenvalue weighted by molar-refractivity contribution is -0.129. The standard InChI is InChI=1S/C19H25NO6/c1-4-13(21)16-17(12-7-8-14(22)15(11-12)26-5-2)20(9-6-10-25-3)19(24)18(16)23/h7-8,11,17,22-23H,4-6,9-10H2,1-3H3. The molecule has 1 heterocycles. The van der Waals surface area contributed by atoms with Crippen molar-refractivity contribution in [1.82, 2.24) is 4.90 Å². The van der Waals surface area contributed by atoms with Crippen molar-refractivity contribution >= 4 is 11.7 Å². The Balaban J connectivity index is 2.48.